The lowest BCUT2D eigenvalue weighted by Gasteiger charge is -2.08. The van der Waals surface area contributed by atoms with Crippen LogP contribution in [0.15, 0.2) is 52.4 Å². The van der Waals surface area contributed by atoms with Gasteiger partial charge in [0.25, 0.3) is 5.56 Å². The van der Waals surface area contributed by atoms with Gasteiger partial charge >= 0.3 is 5.69 Å². The molecule has 5 rings (SSSR count). The van der Waals surface area contributed by atoms with Crippen LogP contribution in [0.5, 0.6) is 0 Å². The number of hydrogen-bond donors (Lipinski definition) is 2. The first-order chi connectivity index (χ1) is 13.5. The van der Waals surface area contributed by atoms with Crippen LogP contribution >= 0.6 is 0 Å². The van der Waals surface area contributed by atoms with Gasteiger partial charge < -0.3 is 4.98 Å². The first kappa shape index (κ1) is 16.5. The fraction of sp³-hybridized carbons (Fsp3) is 0.158. The van der Waals surface area contributed by atoms with E-state index in [4.69, 9.17) is 0 Å². The molecule has 1 saturated carbocycles. The topological polar surface area (TPSA) is 95.9 Å². The van der Waals surface area contributed by atoms with Crippen molar-refractivity contribution >= 4 is 5.65 Å². The Morgan fingerprint density at radius 3 is 2.71 bits per heavy atom. The van der Waals surface area contributed by atoms with Gasteiger partial charge in [-0.15, -0.1) is 0 Å². The fourth-order valence-electron chi connectivity index (χ4n) is 3.63. The summed E-state index contributed by atoms with van der Waals surface area (Å²) in [5, 5.41) is 4.38. The van der Waals surface area contributed by atoms with Crippen molar-refractivity contribution in [2.75, 3.05) is 0 Å². The lowest BCUT2D eigenvalue weighted by Crippen LogP contribution is -2.23. The van der Waals surface area contributed by atoms with Gasteiger partial charge in [-0.25, -0.2) is 23.1 Å². The molecule has 3 heterocycles. The van der Waals surface area contributed by atoms with Crippen molar-refractivity contribution in [3.8, 4) is 11.3 Å². The second-order valence-electron chi connectivity index (χ2n) is 6.78. The predicted molar refractivity (Wildman–Crippen MR) is 96.1 cm³/mol. The van der Waals surface area contributed by atoms with E-state index < -0.39 is 22.9 Å². The van der Waals surface area contributed by atoms with Crippen LogP contribution in [-0.2, 0) is 0 Å². The van der Waals surface area contributed by atoms with Gasteiger partial charge in [-0.1, -0.05) is 6.07 Å². The average molecular weight is 381 g/mol. The van der Waals surface area contributed by atoms with Gasteiger partial charge in [0, 0.05) is 30.2 Å². The van der Waals surface area contributed by atoms with Crippen molar-refractivity contribution in [3.05, 3.63) is 86.5 Å². The van der Waals surface area contributed by atoms with E-state index in [0.29, 0.717) is 23.3 Å². The van der Waals surface area contributed by atoms with Crippen molar-refractivity contribution in [1.29, 1.82) is 0 Å². The number of rotatable bonds is 3. The molecule has 0 amide bonds. The highest BCUT2D eigenvalue weighted by Crippen LogP contribution is 2.56. The van der Waals surface area contributed by atoms with E-state index in [-0.39, 0.29) is 17.4 Å². The van der Waals surface area contributed by atoms with Crippen LogP contribution in [-0.4, -0.2) is 24.6 Å². The van der Waals surface area contributed by atoms with E-state index in [2.05, 4.69) is 20.1 Å². The SMILES string of the molecule is O=c1[nH]cc(-c2cc([C@H]3C[C@@H]3c3ccc(F)cc3F)c3nccn3n2)c(=O)[nH]1. The lowest BCUT2D eigenvalue weighted by molar-refractivity contribution is 0.572. The van der Waals surface area contributed by atoms with Crippen LogP contribution < -0.4 is 11.2 Å². The van der Waals surface area contributed by atoms with Gasteiger partial charge in [-0.05, 0) is 36.0 Å². The molecule has 1 aliphatic rings. The zero-order valence-electron chi connectivity index (χ0n) is 14.3. The lowest BCUT2D eigenvalue weighted by atomic mass is 10.0. The van der Waals surface area contributed by atoms with E-state index in [1.165, 1.54) is 18.3 Å². The summed E-state index contributed by atoms with van der Waals surface area (Å²) in [5.74, 6) is -1.32. The minimum absolute atomic E-state index is 0.0338. The van der Waals surface area contributed by atoms with Crippen LogP contribution in [0.1, 0.15) is 29.4 Å². The Bertz CT molecular complexity index is 1340. The van der Waals surface area contributed by atoms with Gasteiger partial charge in [0.15, 0.2) is 5.65 Å². The number of nitrogens with one attached hydrogen (secondary N) is 2. The maximum atomic E-state index is 14.2. The van der Waals surface area contributed by atoms with E-state index in [0.717, 1.165) is 11.6 Å². The Labute approximate surface area is 155 Å². The molecule has 2 atom stereocenters. The number of benzene rings is 1. The van der Waals surface area contributed by atoms with Crippen molar-refractivity contribution in [1.82, 2.24) is 24.6 Å². The third kappa shape index (κ3) is 2.63. The standard InChI is InChI=1S/C19H13F2N5O2/c20-9-1-2-10(15(21)5-9)11-6-12(11)13-7-16(25-26-4-3-22-17(13)26)14-8-23-19(28)24-18(14)27/h1-5,7-8,11-12H,6H2,(H2,23,24,27,28)/t11-,12+/m1/s1. The molecule has 2 N–H and O–H groups in total. The van der Waals surface area contributed by atoms with Crippen LogP contribution in [0.25, 0.3) is 16.9 Å². The van der Waals surface area contributed by atoms with E-state index in [9.17, 15) is 18.4 Å². The molecule has 0 aliphatic heterocycles. The molecule has 3 aromatic heterocycles. The fourth-order valence-corrected chi connectivity index (χ4v) is 3.63. The molecular weight excluding hydrogens is 368 g/mol. The molecule has 9 heteroatoms. The highest BCUT2D eigenvalue weighted by Gasteiger charge is 2.42. The maximum absolute atomic E-state index is 14.2. The molecule has 4 aromatic rings. The van der Waals surface area contributed by atoms with Gasteiger partial charge in [-0.3, -0.25) is 9.78 Å². The molecular formula is C19H13F2N5O2. The Balaban J connectivity index is 1.61. The first-order valence-corrected chi connectivity index (χ1v) is 8.63. The summed E-state index contributed by atoms with van der Waals surface area (Å²) in [4.78, 5) is 32.3. The predicted octanol–water partition coefficient (Wildman–Crippen LogP) is 2.32. The summed E-state index contributed by atoms with van der Waals surface area (Å²) < 4.78 is 28.9. The average Bonchev–Trinajstić information content (AvgIpc) is 3.28. The summed E-state index contributed by atoms with van der Waals surface area (Å²) in [6.45, 7) is 0. The Morgan fingerprint density at radius 1 is 1.11 bits per heavy atom. The third-order valence-corrected chi connectivity index (χ3v) is 5.03. The Morgan fingerprint density at radius 2 is 1.93 bits per heavy atom. The summed E-state index contributed by atoms with van der Waals surface area (Å²) in [6.07, 6.45) is 5.22. The highest BCUT2D eigenvalue weighted by atomic mass is 19.1. The quantitative estimate of drug-likeness (QED) is 0.569. The van der Waals surface area contributed by atoms with Crippen LogP contribution in [0.4, 0.5) is 8.78 Å². The Hall–Kier alpha value is -3.62. The van der Waals surface area contributed by atoms with E-state index in [1.807, 2.05) is 0 Å². The third-order valence-electron chi connectivity index (χ3n) is 5.03. The van der Waals surface area contributed by atoms with Gasteiger partial charge in [0.2, 0.25) is 0 Å². The van der Waals surface area contributed by atoms with E-state index >= 15 is 0 Å². The molecule has 1 fully saturated rings. The minimum Gasteiger partial charge on any atom is -0.313 e. The second-order valence-corrected chi connectivity index (χ2v) is 6.78. The van der Waals surface area contributed by atoms with Crippen molar-refractivity contribution in [2.24, 2.45) is 0 Å². The smallest absolute Gasteiger partial charge is 0.313 e. The molecule has 0 saturated heterocycles. The van der Waals surface area contributed by atoms with Gasteiger partial charge in [0.1, 0.15) is 11.6 Å². The molecule has 1 aromatic carbocycles. The molecule has 28 heavy (non-hydrogen) atoms. The molecule has 0 unspecified atom stereocenters. The largest absolute Gasteiger partial charge is 0.325 e. The molecule has 1 aliphatic carbocycles. The zero-order chi connectivity index (χ0) is 19.4. The van der Waals surface area contributed by atoms with Gasteiger partial charge in [-0.2, -0.15) is 5.10 Å². The van der Waals surface area contributed by atoms with Gasteiger partial charge in [0.05, 0.1) is 11.3 Å². The van der Waals surface area contributed by atoms with Crippen LogP contribution in [0.2, 0.25) is 0 Å². The number of H-pyrrole nitrogens is 2. The van der Waals surface area contributed by atoms with E-state index in [1.54, 1.807) is 23.0 Å². The first-order valence-electron chi connectivity index (χ1n) is 8.63. The van der Waals surface area contributed by atoms with Crippen molar-refractivity contribution in [2.45, 2.75) is 18.3 Å². The molecule has 0 spiro atoms. The number of nitrogens with zero attached hydrogens (tertiary/aromatic N) is 3. The monoisotopic (exact) mass is 381 g/mol. The molecule has 140 valence electrons. The molecule has 0 bridgehead atoms. The number of hydrogen-bond acceptors (Lipinski definition) is 4. The van der Waals surface area contributed by atoms with Crippen molar-refractivity contribution < 1.29 is 8.78 Å². The molecule has 7 nitrogen and oxygen atoms in total. The number of fused-ring (bicyclic) bond motifs is 1. The van der Waals surface area contributed by atoms with Crippen molar-refractivity contribution in [3.63, 3.8) is 0 Å². The number of halogens is 2. The summed E-state index contributed by atoms with van der Waals surface area (Å²) in [5.41, 5.74) is 1.29. The number of aromatic nitrogens is 5. The number of aromatic amines is 2. The Kier molecular flexibility index (Phi) is 3.51. The number of imidazole rings is 1. The minimum atomic E-state index is -0.613. The normalized spacial score (nSPS) is 18.5. The summed E-state index contributed by atoms with van der Waals surface area (Å²) in [7, 11) is 0. The maximum Gasteiger partial charge on any atom is 0.325 e. The second kappa shape index (κ2) is 5.95. The highest BCUT2D eigenvalue weighted by molar-refractivity contribution is 5.63. The zero-order valence-corrected chi connectivity index (χ0v) is 14.3. The van der Waals surface area contributed by atoms with Crippen LogP contribution in [0.3, 0.4) is 0 Å². The summed E-state index contributed by atoms with van der Waals surface area (Å²) in [6, 6.07) is 5.33. The summed E-state index contributed by atoms with van der Waals surface area (Å²) >= 11 is 0. The molecule has 0 radical (unpaired) electrons. The van der Waals surface area contributed by atoms with Crippen LogP contribution in [0, 0.1) is 11.6 Å².